The molecule has 0 radical (unpaired) electrons. The first kappa shape index (κ1) is 27.9. The van der Waals surface area contributed by atoms with Crippen LogP contribution in [0.3, 0.4) is 0 Å². The third-order valence-electron chi connectivity index (χ3n) is 8.47. The first-order chi connectivity index (χ1) is 20.5. The molecule has 2 fully saturated rings. The quantitative estimate of drug-likeness (QED) is 0.424. The lowest BCUT2D eigenvalue weighted by Gasteiger charge is -2.40. The number of nitrogens with one attached hydrogen (secondary N) is 2. The third-order valence-corrected chi connectivity index (χ3v) is 8.47. The van der Waals surface area contributed by atoms with Crippen molar-refractivity contribution in [1.29, 1.82) is 0 Å². The third kappa shape index (κ3) is 6.95. The average Bonchev–Trinajstić information content (AvgIpc) is 3.74. The van der Waals surface area contributed by atoms with E-state index in [1.807, 2.05) is 41.4 Å². The van der Waals surface area contributed by atoms with E-state index >= 15 is 0 Å². The van der Waals surface area contributed by atoms with Crippen LogP contribution in [0.2, 0.25) is 0 Å². The molecule has 2 aromatic heterocycles. The van der Waals surface area contributed by atoms with Gasteiger partial charge >= 0.3 is 0 Å². The number of benzene rings is 1. The Morgan fingerprint density at radius 1 is 1.07 bits per heavy atom. The van der Waals surface area contributed by atoms with Crippen LogP contribution < -0.4 is 15.4 Å². The van der Waals surface area contributed by atoms with Gasteiger partial charge in [-0.25, -0.2) is 9.67 Å². The van der Waals surface area contributed by atoms with Gasteiger partial charge in [0.15, 0.2) is 0 Å². The van der Waals surface area contributed by atoms with Gasteiger partial charge in [-0.3, -0.25) is 14.4 Å². The molecule has 1 aliphatic carbocycles. The topological polar surface area (TPSA) is 131 Å². The fraction of sp³-hybridized carbons (Fsp3) is 0.484. The van der Waals surface area contributed by atoms with Crippen molar-refractivity contribution in [2.75, 3.05) is 26.2 Å². The molecule has 11 heteroatoms. The predicted molar refractivity (Wildman–Crippen MR) is 153 cm³/mol. The van der Waals surface area contributed by atoms with Crippen LogP contribution in [0.15, 0.2) is 54.9 Å². The summed E-state index contributed by atoms with van der Waals surface area (Å²) in [7, 11) is 0. The highest BCUT2D eigenvalue weighted by molar-refractivity contribution is 5.99. The number of carbonyl (C=O) groups is 3. The van der Waals surface area contributed by atoms with Crippen molar-refractivity contribution in [2.45, 2.75) is 51.1 Å². The highest BCUT2D eigenvalue weighted by Crippen LogP contribution is 2.31. The standard InChI is InChI=1S/C31H37N7O4/c39-28(33-17-21-8-9-21)15-23-10-13-37-19-24(23)11-14-42-30-26(7-4-12-32-30)29(40)34-27(31(37)41)16-25-20-38(36-35-25)18-22-5-2-1-3-6-22/h1-7,12,20-21,23-24,27H,8-11,13-19H2,(H,33,39)(H,34,40)/t23-,24-,27+/m0/s1. The van der Waals surface area contributed by atoms with Gasteiger partial charge in [0.25, 0.3) is 5.91 Å². The molecule has 220 valence electrons. The van der Waals surface area contributed by atoms with Crippen LogP contribution in [0.4, 0.5) is 0 Å². The summed E-state index contributed by atoms with van der Waals surface area (Å²) in [6.07, 6.45) is 7.80. The number of piperidine rings is 1. The van der Waals surface area contributed by atoms with Crippen LogP contribution in [-0.4, -0.2) is 74.9 Å². The van der Waals surface area contributed by atoms with Crippen molar-refractivity contribution in [2.24, 2.45) is 17.8 Å². The number of aromatic nitrogens is 4. The zero-order valence-corrected chi connectivity index (χ0v) is 23.7. The number of rotatable bonds is 8. The number of nitrogens with zero attached hydrogens (tertiary/aromatic N) is 5. The number of amides is 3. The molecular formula is C31H37N7O4. The number of ether oxygens (including phenoxy) is 1. The monoisotopic (exact) mass is 571 g/mol. The molecule has 3 aliphatic rings. The fourth-order valence-electron chi connectivity index (χ4n) is 5.90. The zero-order valence-electron chi connectivity index (χ0n) is 23.7. The summed E-state index contributed by atoms with van der Waals surface area (Å²) < 4.78 is 7.73. The van der Waals surface area contributed by atoms with Gasteiger partial charge in [0.1, 0.15) is 11.6 Å². The van der Waals surface area contributed by atoms with E-state index in [4.69, 9.17) is 4.74 Å². The number of carbonyl (C=O) groups excluding carboxylic acids is 3. The number of hydrogen-bond acceptors (Lipinski definition) is 7. The molecule has 6 rings (SSSR count). The lowest BCUT2D eigenvalue weighted by atomic mass is 9.80. The second kappa shape index (κ2) is 12.7. The smallest absolute Gasteiger partial charge is 0.257 e. The molecule has 3 amide bonds. The van der Waals surface area contributed by atoms with Crippen LogP contribution in [0.25, 0.3) is 0 Å². The number of hydrogen-bond donors (Lipinski definition) is 2. The Kier molecular flexibility index (Phi) is 8.43. The largest absolute Gasteiger partial charge is 0.477 e. The molecule has 3 atom stereocenters. The minimum absolute atomic E-state index is 0.0782. The number of pyridine rings is 1. The molecule has 0 unspecified atom stereocenters. The van der Waals surface area contributed by atoms with E-state index in [1.165, 1.54) is 12.8 Å². The molecule has 4 heterocycles. The maximum Gasteiger partial charge on any atom is 0.257 e. The fourth-order valence-corrected chi connectivity index (χ4v) is 5.90. The zero-order chi connectivity index (χ0) is 28.9. The summed E-state index contributed by atoms with van der Waals surface area (Å²) in [5.41, 5.74) is 1.97. The highest BCUT2D eigenvalue weighted by atomic mass is 16.5. The van der Waals surface area contributed by atoms with Gasteiger partial charge in [-0.2, -0.15) is 0 Å². The Morgan fingerprint density at radius 2 is 1.93 bits per heavy atom. The van der Waals surface area contributed by atoms with Crippen LogP contribution in [0, 0.1) is 17.8 Å². The molecular weight excluding hydrogens is 534 g/mol. The van der Waals surface area contributed by atoms with Crippen molar-refractivity contribution in [1.82, 2.24) is 35.5 Å². The van der Waals surface area contributed by atoms with Crippen molar-refractivity contribution in [3.63, 3.8) is 0 Å². The minimum atomic E-state index is -0.842. The normalized spacial score (nSPS) is 22.7. The first-order valence-corrected chi connectivity index (χ1v) is 14.9. The van der Waals surface area contributed by atoms with E-state index in [2.05, 4.69) is 25.9 Å². The van der Waals surface area contributed by atoms with E-state index < -0.39 is 11.9 Å². The van der Waals surface area contributed by atoms with Crippen molar-refractivity contribution in [3.05, 3.63) is 71.7 Å². The molecule has 11 nitrogen and oxygen atoms in total. The Balaban J connectivity index is 1.20. The Labute approximate surface area is 245 Å². The SMILES string of the molecule is O=C(C[C@@H]1CCN2C[C@@H]1CCOc1ncccc1C(=O)N[C@H](Cc1cn(Cc3ccccc3)nn1)C2=O)NCC1CC1. The van der Waals surface area contributed by atoms with Gasteiger partial charge in [0, 0.05) is 44.9 Å². The summed E-state index contributed by atoms with van der Waals surface area (Å²) in [4.78, 5) is 46.2. The van der Waals surface area contributed by atoms with E-state index in [0.29, 0.717) is 50.7 Å². The molecule has 42 heavy (non-hydrogen) atoms. The minimum Gasteiger partial charge on any atom is -0.477 e. The van der Waals surface area contributed by atoms with Gasteiger partial charge in [0.2, 0.25) is 17.7 Å². The van der Waals surface area contributed by atoms with Crippen LogP contribution in [0.5, 0.6) is 5.88 Å². The van der Waals surface area contributed by atoms with Crippen molar-refractivity contribution >= 4 is 17.7 Å². The van der Waals surface area contributed by atoms with Crippen LogP contribution >= 0.6 is 0 Å². The maximum absolute atomic E-state index is 14.0. The Bertz CT molecular complexity index is 1410. The van der Waals surface area contributed by atoms with Gasteiger partial charge in [-0.15, -0.1) is 5.10 Å². The van der Waals surface area contributed by atoms with Gasteiger partial charge < -0.3 is 20.3 Å². The number of fused-ring (bicyclic) bond motifs is 3. The van der Waals surface area contributed by atoms with E-state index in [9.17, 15) is 14.4 Å². The summed E-state index contributed by atoms with van der Waals surface area (Å²) in [6, 6.07) is 12.4. The molecule has 2 aliphatic heterocycles. The van der Waals surface area contributed by atoms with Crippen molar-refractivity contribution < 1.29 is 19.1 Å². The van der Waals surface area contributed by atoms with Crippen molar-refractivity contribution in [3.8, 4) is 5.88 Å². The first-order valence-electron chi connectivity index (χ1n) is 14.9. The van der Waals surface area contributed by atoms with Crippen LogP contribution in [-0.2, 0) is 22.6 Å². The van der Waals surface area contributed by atoms with Gasteiger partial charge in [-0.05, 0) is 61.1 Å². The molecule has 1 aromatic carbocycles. The molecule has 1 saturated carbocycles. The summed E-state index contributed by atoms with van der Waals surface area (Å²) >= 11 is 0. The second-order valence-corrected chi connectivity index (χ2v) is 11.7. The molecule has 2 bridgehead atoms. The Hall–Kier alpha value is -4.28. The molecule has 1 saturated heterocycles. The molecule has 3 aromatic rings. The second-order valence-electron chi connectivity index (χ2n) is 11.7. The predicted octanol–water partition coefficient (Wildman–Crippen LogP) is 2.23. The van der Waals surface area contributed by atoms with E-state index in [1.54, 1.807) is 23.0 Å². The highest BCUT2D eigenvalue weighted by Gasteiger charge is 2.37. The van der Waals surface area contributed by atoms with E-state index in [-0.39, 0.29) is 41.5 Å². The maximum atomic E-state index is 14.0. The summed E-state index contributed by atoms with van der Waals surface area (Å²) in [5, 5.41) is 14.6. The van der Waals surface area contributed by atoms with Crippen LogP contribution in [0.1, 0.15) is 53.7 Å². The van der Waals surface area contributed by atoms with Gasteiger partial charge in [-0.1, -0.05) is 35.5 Å². The summed E-state index contributed by atoms with van der Waals surface area (Å²) in [6.45, 7) is 2.69. The van der Waals surface area contributed by atoms with Gasteiger partial charge in [0.05, 0.1) is 18.8 Å². The lowest BCUT2D eigenvalue weighted by Crippen LogP contribution is -2.54. The molecule has 0 spiro atoms. The average molecular weight is 572 g/mol. The lowest BCUT2D eigenvalue weighted by molar-refractivity contribution is -0.136. The molecule has 2 N–H and O–H groups in total. The summed E-state index contributed by atoms with van der Waals surface area (Å²) in [5.74, 6) is 0.596. The Morgan fingerprint density at radius 3 is 2.76 bits per heavy atom. The van der Waals surface area contributed by atoms with E-state index in [0.717, 1.165) is 18.5 Å².